The van der Waals surface area contributed by atoms with Gasteiger partial charge in [0.05, 0.1) is 6.21 Å². The summed E-state index contributed by atoms with van der Waals surface area (Å²) in [6, 6.07) is 18.2. The van der Waals surface area contributed by atoms with E-state index in [0.29, 0.717) is 5.56 Å². The number of benzene rings is 2. The molecule has 0 radical (unpaired) electrons. The molecule has 0 bridgehead atoms. The van der Waals surface area contributed by atoms with Crippen LogP contribution in [-0.4, -0.2) is 16.7 Å². The minimum Gasteiger partial charge on any atom is -0.318 e. The van der Waals surface area contributed by atoms with E-state index in [9.17, 15) is 4.79 Å². The first-order chi connectivity index (χ1) is 13.7. The van der Waals surface area contributed by atoms with Crippen molar-refractivity contribution in [3.05, 3.63) is 86.2 Å². The number of nitrogens with one attached hydrogen (secondary N) is 1. The third-order valence-corrected chi connectivity index (χ3v) is 5.59. The first-order valence-electron chi connectivity index (χ1n) is 9.55. The molecule has 0 atom stereocenters. The van der Waals surface area contributed by atoms with Crippen LogP contribution in [0.3, 0.4) is 0 Å². The molecule has 0 aliphatic rings. The lowest BCUT2D eigenvalue weighted by Crippen LogP contribution is -2.17. The summed E-state index contributed by atoms with van der Waals surface area (Å²) in [4.78, 5) is 12.2. The zero-order valence-corrected chi connectivity index (χ0v) is 19.6. The molecular formula is C24H26IN3O. The number of rotatable bonds is 4. The van der Waals surface area contributed by atoms with Crippen molar-refractivity contribution in [2.24, 2.45) is 5.10 Å². The average Bonchev–Trinajstić information content (AvgIpc) is 2.94. The summed E-state index contributed by atoms with van der Waals surface area (Å²) in [6.45, 7) is 10.8. The summed E-state index contributed by atoms with van der Waals surface area (Å²) in [6.07, 6.45) is 1.70. The van der Waals surface area contributed by atoms with Crippen molar-refractivity contribution in [2.75, 3.05) is 0 Å². The highest BCUT2D eigenvalue weighted by molar-refractivity contribution is 14.1. The van der Waals surface area contributed by atoms with E-state index in [1.807, 2.05) is 18.2 Å². The zero-order chi connectivity index (χ0) is 21.2. The highest BCUT2D eigenvalue weighted by Crippen LogP contribution is 2.25. The number of nitrogens with zero attached hydrogens (tertiary/aromatic N) is 2. The van der Waals surface area contributed by atoms with Gasteiger partial charge in [-0.3, -0.25) is 4.79 Å². The molecule has 0 aliphatic carbocycles. The van der Waals surface area contributed by atoms with Crippen molar-refractivity contribution in [1.82, 2.24) is 9.99 Å². The van der Waals surface area contributed by atoms with Crippen LogP contribution >= 0.6 is 22.6 Å². The van der Waals surface area contributed by atoms with E-state index in [0.717, 1.165) is 26.2 Å². The largest absolute Gasteiger partial charge is 0.318 e. The molecule has 0 fully saturated rings. The average molecular weight is 499 g/mol. The third kappa shape index (κ3) is 4.96. The summed E-state index contributed by atoms with van der Waals surface area (Å²) in [5.74, 6) is -0.216. The predicted molar refractivity (Wildman–Crippen MR) is 128 cm³/mol. The van der Waals surface area contributed by atoms with Crippen molar-refractivity contribution < 1.29 is 4.79 Å². The third-order valence-electron chi connectivity index (χ3n) is 4.92. The Morgan fingerprint density at radius 1 is 1.07 bits per heavy atom. The number of hydrogen-bond donors (Lipinski definition) is 1. The van der Waals surface area contributed by atoms with Gasteiger partial charge in [0.25, 0.3) is 5.91 Å². The van der Waals surface area contributed by atoms with E-state index in [2.05, 4.69) is 103 Å². The number of carbonyl (C=O) groups is 1. The van der Waals surface area contributed by atoms with Gasteiger partial charge >= 0.3 is 0 Å². The highest BCUT2D eigenvalue weighted by Gasteiger charge is 2.14. The monoisotopic (exact) mass is 499 g/mol. The summed E-state index contributed by atoms with van der Waals surface area (Å²) in [5, 5.41) is 4.16. The lowest BCUT2D eigenvalue weighted by molar-refractivity contribution is 0.0955. The number of amides is 1. The maximum atomic E-state index is 12.2. The van der Waals surface area contributed by atoms with Crippen LogP contribution in [0.25, 0.3) is 5.69 Å². The summed E-state index contributed by atoms with van der Waals surface area (Å²) < 4.78 is 3.22. The Balaban J connectivity index is 1.79. The molecule has 3 rings (SSSR count). The maximum absolute atomic E-state index is 12.2. The number of hydrogen-bond acceptors (Lipinski definition) is 2. The summed E-state index contributed by atoms with van der Waals surface area (Å²) in [7, 11) is 0. The van der Waals surface area contributed by atoms with Crippen LogP contribution in [0.5, 0.6) is 0 Å². The van der Waals surface area contributed by atoms with Crippen LogP contribution in [-0.2, 0) is 5.41 Å². The molecule has 1 heterocycles. The molecule has 1 amide bonds. The van der Waals surface area contributed by atoms with Gasteiger partial charge in [0.2, 0.25) is 0 Å². The Morgan fingerprint density at radius 3 is 2.38 bits per heavy atom. The fourth-order valence-electron chi connectivity index (χ4n) is 3.28. The lowest BCUT2D eigenvalue weighted by atomic mass is 9.87. The van der Waals surface area contributed by atoms with Gasteiger partial charge < -0.3 is 4.57 Å². The van der Waals surface area contributed by atoms with Crippen molar-refractivity contribution >= 4 is 34.7 Å². The van der Waals surface area contributed by atoms with E-state index in [1.54, 1.807) is 12.3 Å². The fraction of sp³-hybridized carbons (Fsp3) is 0.250. The molecule has 150 valence electrons. The van der Waals surface area contributed by atoms with Crippen LogP contribution in [0.15, 0.2) is 59.7 Å². The molecule has 0 unspecified atom stereocenters. The first-order valence-corrected chi connectivity index (χ1v) is 10.6. The smallest absolute Gasteiger partial charge is 0.271 e. The maximum Gasteiger partial charge on any atom is 0.271 e. The fourth-order valence-corrected chi connectivity index (χ4v) is 3.82. The van der Waals surface area contributed by atoms with E-state index in [1.165, 1.54) is 5.56 Å². The molecule has 1 aromatic heterocycles. The van der Waals surface area contributed by atoms with Crippen molar-refractivity contribution in [3.63, 3.8) is 0 Å². The van der Waals surface area contributed by atoms with Crippen molar-refractivity contribution in [1.29, 1.82) is 0 Å². The van der Waals surface area contributed by atoms with Gasteiger partial charge in [-0.25, -0.2) is 5.43 Å². The Hall–Kier alpha value is -2.41. The molecule has 2 aromatic carbocycles. The van der Waals surface area contributed by atoms with Gasteiger partial charge in [-0.05, 0) is 83.8 Å². The predicted octanol–water partition coefficient (Wildman–Crippen LogP) is 5.76. The molecule has 0 saturated carbocycles. The molecule has 0 aliphatic heterocycles. The van der Waals surface area contributed by atoms with Crippen LogP contribution in [0, 0.1) is 17.4 Å². The zero-order valence-electron chi connectivity index (χ0n) is 17.5. The molecule has 0 spiro atoms. The van der Waals surface area contributed by atoms with Gasteiger partial charge in [-0.15, -0.1) is 0 Å². The second-order valence-electron chi connectivity index (χ2n) is 8.17. The van der Waals surface area contributed by atoms with Crippen molar-refractivity contribution in [2.45, 2.75) is 40.0 Å². The Kier molecular flexibility index (Phi) is 6.27. The number of aromatic nitrogens is 1. The quantitative estimate of drug-likeness (QED) is 0.277. The standard InChI is InChI=1S/C24H26IN3O/c1-16-13-19(15-26-27-23(29)18-7-6-8-21(25)14-18)17(2)28(16)22-11-9-20(10-12-22)24(3,4)5/h6-15H,1-5H3,(H,27,29)/b26-15-. The number of halogens is 1. The van der Waals surface area contributed by atoms with Gasteiger partial charge in [0, 0.05) is 31.8 Å². The Labute approximate surface area is 186 Å². The van der Waals surface area contributed by atoms with Gasteiger partial charge in [-0.1, -0.05) is 39.0 Å². The highest BCUT2D eigenvalue weighted by atomic mass is 127. The van der Waals surface area contributed by atoms with Gasteiger partial charge in [0.1, 0.15) is 0 Å². The molecule has 4 nitrogen and oxygen atoms in total. The Morgan fingerprint density at radius 2 is 1.76 bits per heavy atom. The molecular weight excluding hydrogens is 473 g/mol. The van der Waals surface area contributed by atoms with Crippen LogP contribution < -0.4 is 5.43 Å². The molecule has 29 heavy (non-hydrogen) atoms. The molecule has 5 heteroatoms. The number of carbonyl (C=O) groups excluding carboxylic acids is 1. The second kappa shape index (κ2) is 8.53. The summed E-state index contributed by atoms with van der Waals surface area (Å²) >= 11 is 2.19. The molecule has 3 aromatic rings. The molecule has 1 N–H and O–H groups in total. The van der Waals surface area contributed by atoms with E-state index >= 15 is 0 Å². The molecule has 0 saturated heterocycles. The van der Waals surface area contributed by atoms with Gasteiger partial charge in [-0.2, -0.15) is 5.10 Å². The normalized spacial score (nSPS) is 11.8. The van der Waals surface area contributed by atoms with E-state index in [4.69, 9.17) is 0 Å². The SMILES string of the molecule is Cc1cc(/C=N\NC(=O)c2cccc(I)c2)c(C)n1-c1ccc(C(C)(C)C)cc1. The minimum atomic E-state index is -0.216. The van der Waals surface area contributed by atoms with E-state index in [-0.39, 0.29) is 11.3 Å². The van der Waals surface area contributed by atoms with Crippen molar-refractivity contribution in [3.8, 4) is 5.69 Å². The van der Waals surface area contributed by atoms with E-state index < -0.39 is 0 Å². The number of hydrazone groups is 1. The lowest BCUT2D eigenvalue weighted by Gasteiger charge is -2.20. The van der Waals surface area contributed by atoms with Crippen LogP contribution in [0.2, 0.25) is 0 Å². The van der Waals surface area contributed by atoms with Gasteiger partial charge in [0.15, 0.2) is 0 Å². The van der Waals surface area contributed by atoms with Crippen LogP contribution in [0.4, 0.5) is 0 Å². The number of aryl methyl sites for hydroxylation is 1. The summed E-state index contributed by atoms with van der Waals surface area (Å²) in [5.41, 5.74) is 8.95. The van der Waals surface area contributed by atoms with Crippen LogP contribution in [0.1, 0.15) is 53.6 Å². The first kappa shape index (κ1) is 21.3. The second-order valence-corrected chi connectivity index (χ2v) is 9.41. The Bertz CT molecular complexity index is 1060. The minimum absolute atomic E-state index is 0.131. The topological polar surface area (TPSA) is 46.4 Å².